The number of carboxylic acids is 1. The van der Waals surface area contributed by atoms with Gasteiger partial charge in [-0.2, -0.15) is 0 Å². The number of benzene rings is 2. The molecule has 38 heavy (non-hydrogen) atoms. The third kappa shape index (κ3) is 8.14. The fourth-order valence-electron chi connectivity index (χ4n) is 4.95. The van der Waals surface area contributed by atoms with Crippen LogP contribution >= 0.6 is 0 Å². The molecule has 0 aliphatic carbocycles. The van der Waals surface area contributed by atoms with Gasteiger partial charge in [0.25, 0.3) is 5.69 Å². The van der Waals surface area contributed by atoms with Gasteiger partial charge in [0.1, 0.15) is 6.61 Å². The maximum atomic E-state index is 12.9. The third-order valence-corrected chi connectivity index (χ3v) is 7.41. The van der Waals surface area contributed by atoms with Crippen LogP contribution in [0.2, 0.25) is 0 Å². The van der Waals surface area contributed by atoms with E-state index in [2.05, 4.69) is 30.5 Å². The molecule has 3 rings (SSSR count). The van der Waals surface area contributed by atoms with Crippen molar-refractivity contribution in [3.05, 3.63) is 88.5 Å². The van der Waals surface area contributed by atoms with Crippen LogP contribution in [-0.4, -0.2) is 64.1 Å². The second-order valence-corrected chi connectivity index (χ2v) is 10.1. The molecule has 1 fully saturated rings. The molecular weight excluding hydrogens is 486 g/mol. The summed E-state index contributed by atoms with van der Waals surface area (Å²) in [5, 5.41) is 20.1. The molecule has 9 heteroatoms. The molecule has 1 unspecified atom stereocenters. The van der Waals surface area contributed by atoms with Gasteiger partial charge in [-0.25, -0.2) is 4.79 Å². The second kappa shape index (κ2) is 13.7. The van der Waals surface area contributed by atoms with Crippen molar-refractivity contribution in [3.63, 3.8) is 0 Å². The molecule has 1 heterocycles. The Hall–Kier alpha value is -3.72. The van der Waals surface area contributed by atoms with Gasteiger partial charge in [0.05, 0.1) is 4.92 Å². The number of nitro groups is 1. The van der Waals surface area contributed by atoms with Crippen LogP contribution in [0.1, 0.15) is 50.2 Å². The number of likely N-dealkylation sites (tertiary alicyclic amines) is 1. The van der Waals surface area contributed by atoms with E-state index in [1.54, 1.807) is 23.1 Å². The molecule has 2 aromatic rings. The van der Waals surface area contributed by atoms with Gasteiger partial charge in [0.2, 0.25) is 0 Å². The summed E-state index contributed by atoms with van der Waals surface area (Å²) in [6.45, 7) is 8.86. The van der Waals surface area contributed by atoms with Crippen LogP contribution in [0.5, 0.6) is 0 Å². The van der Waals surface area contributed by atoms with E-state index < -0.39 is 17.0 Å². The average Bonchev–Trinajstić information content (AvgIpc) is 2.93. The monoisotopic (exact) mass is 523 g/mol. The third-order valence-electron chi connectivity index (χ3n) is 7.41. The highest BCUT2D eigenvalue weighted by molar-refractivity contribution is 5.68. The lowest BCUT2D eigenvalue weighted by atomic mass is 9.75. The number of hydrogen-bond donors (Lipinski definition) is 1. The average molecular weight is 524 g/mol. The Labute approximate surface area is 223 Å². The lowest BCUT2D eigenvalue weighted by molar-refractivity contribution is -0.384. The van der Waals surface area contributed by atoms with Crippen LogP contribution in [0.25, 0.3) is 0 Å². The van der Waals surface area contributed by atoms with Crippen LogP contribution in [0.3, 0.4) is 0 Å². The Bertz CT molecular complexity index is 1080. The largest absolute Gasteiger partial charge is 0.481 e. The van der Waals surface area contributed by atoms with Crippen LogP contribution in [0, 0.1) is 10.1 Å². The van der Waals surface area contributed by atoms with E-state index in [1.807, 2.05) is 18.2 Å². The van der Waals surface area contributed by atoms with E-state index in [1.165, 1.54) is 12.1 Å². The van der Waals surface area contributed by atoms with Gasteiger partial charge < -0.3 is 19.6 Å². The standard InChI is InChI=1S/C29H37N3O6/c1-3-18-31(28(35)38-22-23-9-11-26(12-10-23)32(36)37)25-14-19-30(20-15-25)21-17-29(2,16-13-27(33)34)24-7-5-4-6-8-24/h3-12,25H,1,13-22H2,2H3,(H,33,34). The van der Waals surface area contributed by atoms with Gasteiger partial charge >= 0.3 is 12.1 Å². The molecular formula is C29H37N3O6. The minimum absolute atomic E-state index is 0.00825. The summed E-state index contributed by atoms with van der Waals surface area (Å²) in [5.74, 6) is -0.782. The normalized spacial score (nSPS) is 15.8. The lowest BCUT2D eigenvalue weighted by Gasteiger charge is -2.39. The molecule has 1 amide bonds. The molecule has 204 valence electrons. The highest BCUT2D eigenvalue weighted by Gasteiger charge is 2.31. The number of carboxylic acid groups (broad SMARTS) is 1. The van der Waals surface area contributed by atoms with Gasteiger partial charge in [-0.3, -0.25) is 14.9 Å². The molecule has 1 aliphatic rings. The number of hydrogen-bond acceptors (Lipinski definition) is 6. The molecule has 1 atom stereocenters. The zero-order valence-corrected chi connectivity index (χ0v) is 22.0. The van der Waals surface area contributed by atoms with Gasteiger partial charge in [0, 0.05) is 44.2 Å². The summed E-state index contributed by atoms with van der Waals surface area (Å²) in [6, 6.07) is 16.1. The second-order valence-electron chi connectivity index (χ2n) is 10.1. The van der Waals surface area contributed by atoms with E-state index in [4.69, 9.17) is 4.74 Å². The van der Waals surface area contributed by atoms with E-state index in [9.17, 15) is 24.8 Å². The smallest absolute Gasteiger partial charge is 0.410 e. The summed E-state index contributed by atoms with van der Waals surface area (Å²) in [4.78, 5) is 38.6. The van der Waals surface area contributed by atoms with Crippen molar-refractivity contribution in [2.75, 3.05) is 26.2 Å². The Morgan fingerprint density at radius 1 is 1.16 bits per heavy atom. The van der Waals surface area contributed by atoms with Crippen molar-refractivity contribution in [2.24, 2.45) is 0 Å². The summed E-state index contributed by atoms with van der Waals surface area (Å²) in [6.07, 6.45) is 4.43. The molecule has 0 radical (unpaired) electrons. The fraction of sp³-hybridized carbons (Fsp3) is 0.448. The SMILES string of the molecule is C=CCN(C(=O)OCc1ccc([N+](=O)[O-])cc1)C1CCN(CCC(C)(CCC(=O)O)c2ccccc2)CC1. The first-order valence-electron chi connectivity index (χ1n) is 13.0. The first-order chi connectivity index (χ1) is 18.2. The molecule has 0 saturated carbocycles. The number of non-ortho nitro benzene ring substituents is 1. The summed E-state index contributed by atoms with van der Waals surface area (Å²) in [5.41, 5.74) is 1.60. The minimum Gasteiger partial charge on any atom is -0.481 e. The Balaban J connectivity index is 1.53. The van der Waals surface area contributed by atoms with E-state index in [0.29, 0.717) is 18.5 Å². The van der Waals surface area contributed by atoms with Crippen molar-refractivity contribution < 1.29 is 24.4 Å². The number of nitrogens with zero attached hydrogens (tertiary/aromatic N) is 3. The van der Waals surface area contributed by atoms with E-state index in [0.717, 1.165) is 44.5 Å². The molecule has 1 N–H and O–H groups in total. The van der Waals surface area contributed by atoms with Crippen LogP contribution in [0.4, 0.5) is 10.5 Å². The molecule has 0 bridgehead atoms. The number of carbonyl (C=O) groups excluding carboxylic acids is 1. The van der Waals surface area contributed by atoms with Crippen molar-refractivity contribution in [1.29, 1.82) is 0 Å². The lowest BCUT2D eigenvalue weighted by Crippen LogP contribution is -2.48. The van der Waals surface area contributed by atoms with Crippen molar-refractivity contribution in [3.8, 4) is 0 Å². The van der Waals surface area contributed by atoms with Crippen LogP contribution < -0.4 is 0 Å². The zero-order valence-electron chi connectivity index (χ0n) is 22.0. The number of nitro benzene ring substituents is 1. The van der Waals surface area contributed by atoms with Crippen LogP contribution in [0.15, 0.2) is 67.3 Å². The molecule has 1 aliphatic heterocycles. The predicted octanol–water partition coefficient (Wildman–Crippen LogP) is 5.40. The Morgan fingerprint density at radius 2 is 1.82 bits per heavy atom. The topological polar surface area (TPSA) is 113 Å². The Kier molecular flexibility index (Phi) is 10.4. The number of carbonyl (C=O) groups is 2. The van der Waals surface area contributed by atoms with Gasteiger partial charge in [-0.15, -0.1) is 6.58 Å². The Morgan fingerprint density at radius 3 is 2.39 bits per heavy atom. The summed E-state index contributed by atoms with van der Waals surface area (Å²) < 4.78 is 5.52. The minimum atomic E-state index is -0.782. The molecule has 1 saturated heterocycles. The summed E-state index contributed by atoms with van der Waals surface area (Å²) >= 11 is 0. The maximum absolute atomic E-state index is 12.9. The molecule has 0 aromatic heterocycles. The van der Waals surface area contributed by atoms with E-state index >= 15 is 0 Å². The fourth-order valence-corrected chi connectivity index (χ4v) is 4.95. The maximum Gasteiger partial charge on any atom is 0.410 e. The van der Waals surface area contributed by atoms with Crippen LogP contribution in [-0.2, 0) is 21.6 Å². The van der Waals surface area contributed by atoms with Gasteiger partial charge in [-0.1, -0.05) is 43.3 Å². The molecule has 9 nitrogen and oxygen atoms in total. The predicted molar refractivity (Wildman–Crippen MR) is 145 cm³/mol. The van der Waals surface area contributed by atoms with Gasteiger partial charge in [-0.05, 0) is 60.9 Å². The van der Waals surface area contributed by atoms with Crippen molar-refractivity contribution in [2.45, 2.75) is 57.1 Å². The molecule has 2 aromatic carbocycles. The number of piperidine rings is 1. The highest BCUT2D eigenvalue weighted by Crippen LogP contribution is 2.33. The summed E-state index contributed by atoms with van der Waals surface area (Å²) in [7, 11) is 0. The van der Waals surface area contributed by atoms with Gasteiger partial charge in [0.15, 0.2) is 0 Å². The van der Waals surface area contributed by atoms with Crippen molar-refractivity contribution in [1.82, 2.24) is 9.80 Å². The van der Waals surface area contributed by atoms with E-state index in [-0.39, 0.29) is 30.2 Å². The highest BCUT2D eigenvalue weighted by atomic mass is 16.6. The first kappa shape index (κ1) is 28.8. The quantitative estimate of drug-likeness (QED) is 0.213. The van der Waals surface area contributed by atoms with Crippen molar-refractivity contribution >= 4 is 17.7 Å². The molecule has 0 spiro atoms. The number of ether oxygens (including phenoxy) is 1. The number of rotatable bonds is 13. The zero-order chi connectivity index (χ0) is 27.5. The first-order valence-corrected chi connectivity index (χ1v) is 13.0. The number of amides is 1. The number of aliphatic carboxylic acids is 1.